The number of allylic oxidation sites excluding steroid dienone is 18. The molecule has 0 N–H and O–H groups in total. The third-order valence-electron chi connectivity index (χ3n) is 11.0. The van der Waals surface area contributed by atoms with Crippen LogP contribution in [-0.2, 0) is 28.6 Å². The summed E-state index contributed by atoms with van der Waals surface area (Å²) in [5.74, 6) is -0.938. The summed E-state index contributed by atoms with van der Waals surface area (Å²) in [4.78, 5) is 38.0. The van der Waals surface area contributed by atoms with Crippen LogP contribution in [0.3, 0.4) is 0 Å². The van der Waals surface area contributed by atoms with Gasteiger partial charge >= 0.3 is 17.9 Å². The van der Waals surface area contributed by atoms with E-state index in [0.29, 0.717) is 19.3 Å². The van der Waals surface area contributed by atoms with Crippen LogP contribution in [0.2, 0.25) is 0 Å². The van der Waals surface area contributed by atoms with Crippen LogP contribution < -0.4 is 0 Å². The highest BCUT2D eigenvalue weighted by atomic mass is 16.6. The third-order valence-corrected chi connectivity index (χ3v) is 11.0. The van der Waals surface area contributed by atoms with Gasteiger partial charge in [0.15, 0.2) is 6.10 Å². The van der Waals surface area contributed by atoms with E-state index in [1.165, 1.54) is 38.5 Å². The van der Waals surface area contributed by atoms with E-state index in [9.17, 15) is 14.4 Å². The van der Waals surface area contributed by atoms with Gasteiger partial charge in [0.1, 0.15) is 13.2 Å². The van der Waals surface area contributed by atoms with Crippen molar-refractivity contribution in [3.63, 3.8) is 0 Å². The van der Waals surface area contributed by atoms with Crippen LogP contribution in [0.15, 0.2) is 109 Å². The molecule has 0 amide bonds. The van der Waals surface area contributed by atoms with Crippen molar-refractivity contribution in [3.8, 4) is 0 Å². The van der Waals surface area contributed by atoms with Gasteiger partial charge < -0.3 is 14.2 Å². The first kappa shape index (κ1) is 62.1. The van der Waals surface area contributed by atoms with Crippen molar-refractivity contribution in [2.45, 2.75) is 239 Å². The minimum atomic E-state index is -0.796. The van der Waals surface area contributed by atoms with Gasteiger partial charge in [0.05, 0.1) is 0 Å². The fourth-order valence-electron chi connectivity index (χ4n) is 7.01. The van der Waals surface area contributed by atoms with Gasteiger partial charge in [-0.15, -0.1) is 0 Å². The Morgan fingerprint density at radius 1 is 0.318 bits per heavy atom. The van der Waals surface area contributed by atoms with Crippen LogP contribution in [-0.4, -0.2) is 37.2 Å². The van der Waals surface area contributed by atoms with Crippen LogP contribution in [0.25, 0.3) is 0 Å². The number of carbonyl (C=O) groups excluding carboxylic acids is 3. The molecule has 0 saturated carbocycles. The first-order valence-corrected chi connectivity index (χ1v) is 26.9. The summed E-state index contributed by atoms with van der Waals surface area (Å²) in [5, 5.41) is 0. The lowest BCUT2D eigenvalue weighted by molar-refractivity contribution is -0.167. The standard InChI is InChI=1S/C60H98O6/c1-4-7-10-13-16-19-22-24-26-28-29-30-31-33-34-36-38-41-44-47-50-53-59(62)65-56-57(55-64-58(61)52-49-46-43-40-21-18-15-12-9-6-3)66-60(63)54-51-48-45-42-39-37-35-32-27-25-23-20-17-14-11-8-5-2/h7-8,10-12,15-17,19-20,24-27,29-30,33-34,57H,4-6,9,13-14,18,21-23,28,31-32,35-56H2,1-3H3/b10-7-,11-8-,15-12-,19-16-,20-17-,26-24-,27-25-,30-29-,34-33-. The lowest BCUT2D eigenvalue weighted by atomic mass is 10.1. The van der Waals surface area contributed by atoms with E-state index in [4.69, 9.17) is 14.2 Å². The van der Waals surface area contributed by atoms with E-state index in [0.717, 1.165) is 154 Å². The summed E-state index contributed by atoms with van der Waals surface area (Å²) >= 11 is 0. The predicted molar refractivity (Wildman–Crippen MR) is 283 cm³/mol. The second-order valence-corrected chi connectivity index (χ2v) is 17.4. The molecule has 374 valence electrons. The highest BCUT2D eigenvalue weighted by Gasteiger charge is 2.19. The Bertz CT molecular complexity index is 1370. The first-order valence-electron chi connectivity index (χ1n) is 26.9. The molecule has 0 rings (SSSR count). The van der Waals surface area contributed by atoms with Crippen molar-refractivity contribution in [2.24, 2.45) is 0 Å². The SMILES string of the molecule is CC/C=C\C/C=C\C/C=C\C/C=C\C/C=C\CCCCCCCC(=O)OCC(COC(=O)CCCCCCC/C=C\CCC)OC(=O)CCCCCCCCC/C=C\C/C=C\C/C=C\CC. The summed E-state index contributed by atoms with van der Waals surface area (Å²) in [6, 6.07) is 0. The zero-order chi connectivity index (χ0) is 47.9. The number of unbranched alkanes of at least 4 members (excludes halogenated alkanes) is 18. The molecule has 0 fully saturated rings. The smallest absolute Gasteiger partial charge is 0.306 e. The summed E-state index contributed by atoms with van der Waals surface area (Å²) in [6.45, 7) is 6.31. The number of ether oxygens (including phenoxy) is 3. The van der Waals surface area contributed by atoms with Crippen molar-refractivity contribution in [3.05, 3.63) is 109 Å². The van der Waals surface area contributed by atoms with Gasteiger partial charge in [-0.1, -0.05) is 207 Å². The maximum atomic E-state index is 12.8. The van der Waals surface area contributed by atoms with Crippen molar-refractivity contribution < 1.29 is 28.6 Å². The topological polar surface area (TPSA) is 78.9 Å². The van der Waals surface area contributed by atoms with Crippen molar-refractivity contribution in [1.82, 2.24) is 0 Å². The average molecular weight is 915 g/mol. The second kappa shape index (κ2) is 53.7. The minimum Gasteiger partial charge on any atom is -0.462 e. The molecule has 0 aliphatic rings. The second-order valence-electron chi connectivity index (χ2n) is 17.4. The zero-order valence-corrected chi connectivity index (χ0v) is 42.7. The lowest BCUT2D eigenvalue weighted by Crippen LogP contribution is -2.30. The van der Waals surface area contributed by atoms with Gasteiger partial charge in [0.25, 0.3) is 0 Å². The van der Waals surface area contributed by atoms with E-state index >= 15 is 0 Å². The number of carbonyl (C=O) groups is 3. The van der Waals surface area contributed by atoms with Gasteiger partial charge in [0, 0.05) is 19.3 Å². The van der Waals surface area contributed by atoms with Crippen molar-refractivity contribution in [1.29, 1.82) is 0 Å². The molecule has 0 saturated heterocycles. The zero-order valence-electron chi connectivity index (χ0n) is 42.7. The highest BCUT2D eigenvalue weighted by molar-refractivity contribution is 5.71. The molecular formula is C60H98O6. The monoisotopic (exact) mass is 915 g/mol. The van der Waals surface area contributed by atoms with Crippen LogP contribution in [0.1, 0.15) is 233 Å². The fourth-order valence-corrected chi connectivity index (χ4v) is 7.01. The minimum absolute atomic E-state index is 0.0949. The Hall–Kier alpha value is -3.93. The predicted octanol–water partition coefficient (Wildman–Crippen LogP) is 17.9. The van der Waals surface area contributed by atoms with Crippen LogP contribution >= 0.6 is 0 Å². The van der Waals surface area contributed by atoms with Crippen molar-refractivity contribution >= 4 is 17.9 Å². The molecule has 1 unspecified atom stereocenters. The van der Waals surface area contributed by atoms with E-state index in [1.54, 1.807) is 0 Å². The number of esters is 3. The van der Waals surface area contributed by atoms with Crippen LogP contribution in [0.4, 0.5) is 0 Å². The lowest BCUT2D eigenvalue weighted by Gasteiger charge is -2.18. The Balaban J connectivity index is 4.40. The van der Waals surface area contributed by atoms with E-state index in [1.807, 2.05) is 0 Å². The Kier molecular flexibility index (Phi) is 50.5. The molecule has 6 heteroatoms. The molecule has 0 aromatic rings. The summed E-state index contributed by atoms with van der Waals surface area (Å²) in [6.07, 6.45) is 72.2. The highest BCUT2D eigenvalue weighted by Crippen LogP contribution is 2.14. The number of hydrogen-bond acceptors (Lipinski definition) is 6. The quantitative estimate of drug-likeness (QED) is 0.0262. The molecule has 0 aliphatic heterocycles. The molecule has 0 bridgehead atoms. The van der Waals surface area contributed by atoms with E-state index < -0.39 is 6.10 Å². The van der Waals surface area contributed by atoms with E-state index in [2.05, 4.69) is 130 Å². The van der Waals surface area contributed by atoms with Gasteiger partial charge in [-0.25, -0.2) is 0 Å². The summed E-state index contributed by atoms with van der Waals surface area (Å²) in [5.41, 5.74) is 0. The molecule has 0 spiro atoms. The third kappa shape index (κ3) is 51.1. The van der Waals surface area contributed by atoms with Gasteiger partial charge in [-0.3, -0.25) is 14.4 Å². The molecule has 6 nitrogen and oxygen atoms in total. The van der Waals surface area contributed by atoms with Gasteiger partial charge in [-0.05, 0) is 116 Å². The summed E-state index contributed by atoms with van der Waals surface area (Å²) in [7, 11) is 0. The Morgan fingerprint density at radius 2 is 0.591 bits per heavy atom. The molecule has 0 heterocycles. The first-order chi connectivity index (χ1) is 32.5. The largest absolute Gasteiger partial charge is 0.462 e. The van der Waals surface area contributed by atoms with Crippen molar-refractivity contribution in [2.75, 3.05) is 13.2 Å². The molecule has 0 radical (unpaired) electrons. The molecule has 0 aliphatic carbocycles. The number of hydrogen-bond donors (Lipinski definition) is 0. The molecule has 1 atom stereocenters. The fraction of sp³-hybridized carbons (Fsp3) is 0.650. The maximum absolute atomic E-state index is 12.8. The van der Waals surface area contributed by atoms with Gasteiger partial charge in [0.2, 0.25) is 0 Å². The Labute approximate surface area is 406 Å². The molecule has 0 aromatic carbocycles. The Morgan fingerprint density at radius 3 is 0.939 bits per heavy atom. The number of rotatable bonds is 47. The molecule has 0 aromatic heterocycles. The van der Waals surface area contributed by atoms with Crippen LogP contribution in [0, 0.1) is 0 Å². The summed E-state index contributed by atoms with van der Waals surface area (Å²) < 4.78 is 16.8. The van der Waals surface area contributed by atoms with Gasteiger partial charge in [-0.2, -0.15) is 0 Å². The maximum Gasteiger partial charge on any atom is 0.306 e. The average Bonchev–Trinajstić information content (AvgIpc) is 3.31. The molecule has 66 heavy (non-hydrogen) atoms. The van der Waals surface area contributed by atoms with Crippen LogP contribution in [0.5, 0.6) is 0 Å². The molecular weight excluding hydrogens is 817 g/mol. The normalized spacial score (nSPS) is 13.0. The van der Waals surface area contributed by atoms with E-state index in [-0.39, 0.29) is 31.1 Å².